The second kappa shape index (κ2) is 6.70. The number of furan rings is 1. The molecule has 0 saturated carbocycles. The highest BCUT2D eigenvalue weighted by molar-refractivity contribution is 5.95. The zero-order chi connectivity index (χ0) is 17.1. The predicted molar refractivity (Wildman–Crippen MR) is 102 cm³/mol. The Kier molecular flexibility index (Phi) is 4.09. The second-order valence-corrected chi connectivity index (χ2v) is 5.77. The van der Waals surface area contributed by atoms with Crippen LogP contribution in [0.1, 0.15) is 0 Å². The highest BCUT2D eigenvalue weighted by atomic mass is 16.6. The molecule has 1 heterocycles. The Morgan fingerprint density at radius 3 is 1.48 bits per heavy atom. The fraction of sp³-hybridized carbons (Fsp3) is 0.0435. The van der Waals surface area contributed by atoms with E-state index >= 15 is 0 Å². The molecule has 0 bridgehead atoms. The minimum Gasteiger partial charge on any atom is -0.468 e. The molecule has 0 spiro atoms. The zero-order valence-corrected chi connectivity index (χ0v) is 14.0. The van der Waals surface area contributed by atoms with E-state index in [-0.39, 0.29) is 0 Å². The molecule has 0 aliphatic heterocycles. The zero-order valence-electron chi connectivity index (χ0n) is 14.0. The van der Waals surface area contributed by atoms with E-state index in [0.717, 1.165) is 33.6 Å². The molecule has 1 aromatic heterocycles. The van der Waals surface area contributed by atoms with Crippen LogP contribution in [0.4, 0.5) is 0 Å². The lowest BCUT2D eigenvalue weighted by Gasteiger charge is -2.07. The molecule has 2 heteroatoms. The van der Waals surface area contributed by atoms with Gasteiger partial charge in [0.2, 0.25) is 0 Å². The molecule has 3 aromatic carbocycles. The molecule has 0 unspecified atom stereocenters. The summed E-state index contributed by atoms with van der Waals surface area (Å²) in [6.07, 6.45) is 0. The normalized spacial score (nSPS) is 10.6. The van der Waals surface area contributed by atoms with E-state index in [9.17, 15) is 0 Å². The maximum Gasteiger partial charge on any atom is 0.293 e. The maximum absolute atomic E-state index is 6.17. The topological polar surface area (TPSA) is 22.4 Å². The van der Waals surface area contributed by atoms with Gasteiger partial charge in [-0.2, -0.15) is 0 Å². The van der Waals surface area contributed by atoms with Crippen LogP contribution in [0, 0.1) is 0 Å². The van der Waals surface area contributed by atoms with Crippen molar-refractivity contribution in [1.82, 2.24) is 0 Å². The van der Waals surface area contributed by atoms with Crippen LogP contribution < -0.4 is 4.74 Å². The van der Waals surface area contributed by atoms with Gasteiger partial charge in [-0.1, -0.05) is 91.0 Å². The minimum absolute atomic E-state index is 0.531. The van der Waals surface area contributed by atoms with Crippen molar-refractivity contribution in [3.05, 3.63) is 91.0 Å². The molecule has 0 radical (unpaired) electrons. The summed E-state index contributed by atoms with van der Waals surface area (Å²) in [7, 11) is 1.65. The summed E-state index contributed by atoms with van der Waals surface area (Å²) in [4.78, 5) is 0. The lowest BCUT2D eigenvalue weighted by Crippen LogP contribution is -1.86. The van der Waals surface area contributed by atoms with Crippen molar-refractivity contribution >= 4 is 0 Å². The first kappa shape index (κ1) is 15.3. The largest absolute Gasteiger partial charge is 0.468 e. The average Bonchev–Trinajstić information content (AvgIpc) is 3.10. The van der Waals surface area contributed by atoms with Gasteiger partial charge in [-0.15, -0.1) is 0 Å². The highest BCUT2D eigenvalue weighted by Crippen LogP contribution is 2.47. The van der Waals surface area contributed by atoms with Gasteiger partial charge in [0.25, 0.3) is 5.95 Å². The number of benzene rings is 3. The standard InChI is InChI=1S/C23H18O2/c1-24-23-21(18-13-7-3-8-14-18)20(17-11-5-2-6-12-17)22(25-23)19-15-9-4-10-16-19/h2-16H,1H3. The maximum atomic E-state index is 6.17. The molecule has 122 valence electrons. The second-order valence-electron chi connectivity index (χ2n) is 5.77. The van der Waals surface area contributed by atoms with E-state index in [0.29, 0.717) is 5.95 Å². The summed E-state index contributed by atoms with van der Waals surface area (Å²) in [5, 5.41) is 0. The van der Waals surface area contributed by atoms with Gasteiger partial charge in [-0.25, -0.2) is 0 Å². The minimum atomic E-state index is 0.531. The van der Waals surface area contributed by atoms with Crippen molar-refractivity contribution in [3.63, 3.8) is 0 Å². The number of hydrogen-bond donors (Lipinski definition) is 0. The number of rotatable bonds is 4. The first-order valence-corrected chi connectivity index (χ1v) is 8.25. The first-order valence-electron chi connectivity index (χ1n) is 8.25. The Morgan fingerprint density at radius 2 is 1.00 bits per heavy atom. The van der Waals surface area contributed by atoms with Crippen molar-refractivity contribution in [2.24, 2.45) is 0 Å². The van der Waals surface area contributed by atoms with Crippen LogP contribution in [0.3, 0.4) is 0 Å². The fourth-order valence-electron chi connectivity index (χ4n) is 3.09. The molecular formula is C23H18O2. The molecule has 0 aliphatic rings. The van der Waals surface area contributed by atoms with Crippen molar-refractivity contribution in [3.8, 4) is 39.5 Å². The van der Waals surface area contributed by atoms with E-state index in [1.165, 1.54) is 0 Å². The van der Waals surface area contributed by atoms with Crippen LogP contribution in [0.5, 0.6) is 5.95 Å². The van der Waals surface area contributed by atoms with Gasteiger partial charge < -0.3 is 9.15 Å². The van der Waals surface area contributed by atoms with E-state index in [1.807, 2.05) is 54.6 Å². The molecule has 4 aromatic rings. The van der Waals surface area contributed by atoms with E-state index in [2.05, 4.69) is 36.4 Å². The molecule has 0 amide bonds. The van der Waals surface area contributed by atoms with Crippen LogP contribution >= 0.6 is 0 Å². The van der Waals surface area contributed by atoms with Gasteiger partial charge in [0, 0.05) is 11.1 Å². The van der Waals surface area contributed by atoms with Crippen LogP contribution in [-0.2, 0) is 0 Å². The lowest BCUT2D eigenvalue weighted by atomic mass is 9.94. The Hall–Kier alpha value is -3.26. The summed E-state index contributed by atoms with van der Waals surface area (Å²) in [6.45, 7) is 0. The monoisotopic (exact) mass is 326 g/mol. The Bertz CT molecular complexity index is 955. The van der Waals surface area contributed by atoms with Gasteiger partial charge in [0.15, 0.2) is 0 Å². The Balaban J connectivity index is 2.05. The summed E-state index contributed by atoms with van der Waals surface area (Å²) < 4.78 is 11.8. The van der Waals surface area contributed by atoms with E-state index < -0.39 is 0 Å². The summed E-state index contributed by atoms with van der Waals surface area (Å²) in [6, 6.07) is 30.7. The average molecular weight is 326 g/mol. The molecule has 2 nitrogen and oxygen atoms in total. The van der Waals surface area contributed by atoms with Crippen molar-refractivity contribution in [1.29, 1.82) is 0 Å². The number of hydrogen-bond acceptors (Lipinski definition) is 2. The van der Waals surface area contributed by atoms with Crippen LogP contribution in [0.15, 0.2) is 95.4 Å². The van der Waals surface area contributed by atoms with E-state index in [1.54, 1.807) is 7.11 Å². The molecular weight excluding hydrogens is 308 g/mol. The molecule has 0 atom stereocenters. The van der Waals surface area contributed by atoms with Gasteiger partial charge in [-0.3, -0.25) is 0 Å². The van der Waals surface area contributed by atoms with Gasteiger partial charge in [0.1, 0.15) is 5.76 Å². The molecule has 25 heavy (non-hydrogen) atoms. The number of methoxy groups -OCH3 is 1. The summed E-state index contributed by atoms with van der Waals surface area (Å²) >= 11 is 0. The lowest BCUT2D eigenvalue weighted by molar-refractivity contribution is 0.311. The molecule has 0 saturated heterocycles. The summed E-state index contributed by atoms with van der Waals surface area (Å²) in [5.74, 6) is 1.35. The quantitative estimate of drug-likeness (QED) is 0.440. The van der Waals surface area contributed by atoms with E-state index in [4.69, 9.17) is 9.15 Å². The third kappa shape index (κ3) is 2.83. The Labute approximate surface area is 147 Å². The summed E-state index contributed by atoms with van der Waals surface area (Å²) in [5.41, 5.74) is 5.24. The van der Waals surface area contributed by atoms with Crippen LogP contribution in [0.25, 0.3) is 33.6 Å². The SMILES string of the molecule is COc1oc(-c2ccccc2)c(-c2ccccc2)c1-c1ccccc1. The fourth-order valence-corrected chi connectivity index (χ4v) is 3.09. The number of ether oxygens (including phenoxy) is 1. The first-order chi connectivity index (χ1) is 12.4. The van der Waals surface area contributed by atoms with Gasteiger partial charge in [-0.05, 0) is 11.1 Å². The van der Waals surface area contributed by atoms with Crippen molar-refractivity contribution in [2.45, 2.75) is 0 Å². The van der Waals surface area contributed by atoms with Crippen LogP contribution in [0.2, 0.25) is 0 Å². The van der Waals surface area contributed by atoms with Crippen molar-refractivity contribution < 1.29 is 9.15 Å². The highest BCUT2D eigenvalue weighted by Gasteiger charge is 2.24. The third-order valence-corrected chi connectivity index (χ3v) is 4.22. The predicted octanol–water partition coefficient (Wildman–Crippen LogP) is 6.29. The molecule has 0 fully saturated rings. The van der Waals surface area contributed by atoms with Gasteiger partial charge >= 0.3 is 0 Å². The van der Waals surface area contributed by atoms with Gasteiger partial charge in [0.05, 0.1) is 12.7 Å². The van der Waals surface area contributed by atoms with Crippen LogP contribution in [-0.4, -0.2) is 7.11 Å². The molecule has 4 rings (SSSR count). The smallest absolute Gasteiger partial charge is 0.293 e. The third-order valence-electron chi connectivity index (χ3n) is 4.22. The van der Waals surface area contributed by atoms with Crippen molar-refractivity contribution in [2.75, 3.05) is 7.11 Å². The molecule has 0 N–H and O–H groups in total. The Morgan fingerprint density at radius 1 is 0.560 bits per heavy atom. The molecule has 0 aliphatic carbocycles.